The van der Waals surface area contributed by atoms with Crippen LogP contribution in [0, 0.1) is 6.92 Å². The van der Waals surface area contributed by atoms with Gasteiger partial charge in [0.25, 0.3) is 11.8 Å². The van der Waals surface area contributed by atoms with Crippen molar-refractivity contribution in [3.63, 3.8) is 0 Å². The van der Waals surface area contributed by atoms with Crippen LogP contribution in [0.25, 0.3) is 0 Å². The molecule has 1 saturated heterocycles. The van der Waals surface area contributed by atoms with Gasteiger partial charge >= 0.3 is 11.9 Å². The molecule has 3 aromatic rings. The molecule has 0 radical (unpaired) electrons. The van der Waals surface area contributed by atoms with Crippen LogP contribution in [0.3, 0.4) is 0 Å². The van der Waals surface area contributed by atoms with Crippen LogP contribution in [0.1, 0.15) is 53.6 Å². The number of nitrogen functional groups attached to an aromatic ring is 1. The molecule has 9 N–H and O–H groups in total. The smallest absolute Gasteiger partial charge is 0.352 e. The number of phenols is 2. The van der Waals surface area contributed by atoms with Gasteiger partial charge in [0.1, 0.15) is 22.3 Å². The lowest BCUT2D eigenvalue weighted by molar-refractivity contribution is -0.161. The summed E-state index contributed by atoms with van der Waals surface area (Å²) >= 11 is 1.88. The van der Waals surface area contributed by atoms with Crippen LogP contribution in [-0.2, 0) is 24.0 Å². The largest absolute Gasteiger partial charge is 0.504 e. The highest BCUT2D eigenvalue weighted by atomic mass is 32.2. The number of pyridine rings is 1. The number of aromatic nitrogens is 2. The number of fused-ring (bicyclic) bond motifs is 1. The Labute approximate surface area is 289 Å². The number of aliphatic carboxylic acids is 2. The van der Waals surface area contributed by atoms with Crippen molar-refractivity contribution < 1.29 is 49.2 Å². The lowest BCUT2D eigenvalue weighted by Crippen LogP contribution is -2.59. The van der Waals surface area contributed by atoms with E-state index in [1.807, 2.05) is 0 Å². The summed E-state index contributed by atoms with van der Waals surface area (Å²) in [6, 6.07) is 2.91. The number of carbonyl (C=O) groups excluding carboxylic acids is 3. The van der Waals surface area contributed by atoms with Crippen LogP contribution < -0.4 is 21.8 Å². The first-order chi connectivity index (χ1) is 23.5. The van der Waals surface area contributed by atoms with Gasteiger partial charge in [0.05, 0.1) is 17.8 Å². The molecular formula is C30H29N7O11S2. The number of hydrogen-bond acceptors (Lipinski definition) is 14. The molecular weight excluding hydrogens is 699 g/mol. The summed E-state index contributed by atoms with van der Waals surface area (Å²) in [7, 11) is 0. The third-order valence-electron chi connectivity index (χ3n) is 7.62. The van der Waals surface area contributed by atoms with Crippen molar-refractivity contribution in [1.82, 2.24) is 25.5 Å². The Morgan fingerprint density at radius 2 is 1.88 bits per heavy atom. The Balaban J connectivity index is 1.67. The normalized spacial score (nSPS) is 18.1. The number of H-pyrrole nitrogens is 1. The highest BCUT2D eigenvalue weighted by molar-refractivity contribution is 8.00. The zero-order valence-corrected chi connectivity index (χ0v) is 27.9. The summed E-state index contributed by atoms with van der Waals surface area (Å²) in [5.74, 6) is -6.79. The Kier molecular flexibility index (Phi) is 9.60. The van der Waals surface area contributed by atoms with E-state index in [0.29, 0.717) is 0 Å². The molecule has 2 aliphatic rings. The van der Waals surface area contributed by atoms with E-state index in [9.17, 15) is 49.2 Å². The van der Waals surface area contributed by atoms with Crippen LogP contribution in [0.15, 0.2) is 57.1 Å². The van der Waals surface area contributed by atoms with E-state index < -0.39 is 80.4 Å². The molecule has 18 nitrogen and oxygen atoms in total. The van der Waals surface area contributed by atoms with Crippen molar-refractivity contribution in [2.24, 2.45) is 5.16 Å². The van der Waals surface area contributed by atoms with Gasteiger partial charge < -0.3 is 46.6 Å². The average molecular weight is 728 g/mol. The van der Waals surface area contributed by atoms with Crippen LogP contribution in [0.5, 0.6) is 11.5 Å². The van der Waals surface area contributed by atoms with Crippen LogP contribution in [-0.4, -0.2) is 87.0 Å². The van der Waals surface area contributed by atoms with Crippen molar-refractivity contribution in [1.29, 1.82) is 0 Å². The van der Waals surface area contributed by atoms with Crippen LogP contribution in [0.2, 0.25) is 0 Å². The second kappa shape index (κ2) is 13.6. The van der Waals surface area contributed by atoms with E-state index in [1.165, 1.54) is 38.4 Å². The van der Waals surface area contributed by atoms with Crippen molar-refractivity contribution >= 4 is 63.6 Å². The number of anilines is 1. The van der Waals surface area contributed by atoms with E-state index >= 15 is 0 Å². The third-order valence-corrected chi connectivity index (χ3v) is 9.63. The molecule has 0 aliphatic carbocycles. The first-order valence-electron chi connectivity index (χ1n) is 14.5. The molecule has 0 bridgehead atoms. The predicted molar refractivity (Wildman–Crippen MR) is 177 cm³/mol. The van der Waals surface area contributed by atoms with Gasteiger partial charge in [-0.2, -0.15) is 0 Å². The van der Waals surface area contributed by atoms with Crippen LogP contribution in [0.4, 0.5) is 5.13 Å². The molecule has 2 aliphatic heterocycles. The Bertz CT molecular complexity index is 2060. The van der Waals surface area contributed by atoms with Crippen molar-refractivity contribution in [2.75, 3.05) is 5.73 Å². The number of phenolic OH excluding ortho intramolecular Hbond substituents is 2. The maximum Gasteiger partial charge on any atom is 0.352 e. The van der Waals surface area contributed by atoms with Crippen molar-refractivity contribution in [3.05, 3.63) is 79.9 Å². The number of aryl methyl sites for hydroxylation is 1. The van der Waals surface area contributed by atoms with Gasteiger partial charge in [0, 0.05) is 28.9 Å². The molecule has 20 heteroatoms. The molecule has 262 valence electrons. The average Bonchev–Trinajstić information content (AvgIpc) is 3.46. The Morgan fingerprint density at radius 3 is 2.46 bits per heavy atom. The number of carboxylic acids is 2. The number of nitrogens with one attached hydrogen (secondary N) is 3. The Morgan fingerprint density at radius 1 is 1.16 bits per heavy atom. The number of nitrogens with zero attached hydrogens (tertiary/aromatic N) is 3. The second-order valence-corrected chi connectivity index (χ2v) is 13.6. The maximum atomic E-state index is 14.0. The number of thioether (sulfide) groups is 1. The number of carbonyl (C=O) groups is 5. The third kappa shape index (κ3) is 6.83. The van der Waals surface area contributed by atoms with Crippen molar-refractivity contribution in [3.8, 4) is 11.5 Å². The highest BCUT2D eigenvalue weighted by Gasteiger charge is 2.51. The Hall–Kier alpha value is -5.89. The lowest BCUT2D eigenvalue weighted by atomic mass is 9.93. The number of oxime groups is 1. The molecule has 1 aromatic carbocycles. The molecule has 4 heterocycles. The van der Waals surface area contributed by atoms with Gasteiger partial charge in [-0.15, -0.1) is 23.1 Å². The predicted octanol–water partition coefficient (Wildman–Crippen LogP) is 0.975. The standard InChI is InChI=1S/C30H29N7O11S2/c1-11-19(15(39)6-7-32-11)24(42)34-21(12-4-5-14(38)16(40)8-12)20-23(27(44)45)37-17(41)9-18(37)50-26(20)35-25(43)22(13-10-49-29(31)33-13)36-48-30(2,3)28(46)47/h4-8,10,18,21,26,38,40H,9H2,1-3H3,(H2,31,33)(H,32,39)(H,34,42)(H,35,43)(H,44,45)(H,46,47)/t18-,21?,26?/m0/s1. The first-order valence-corrected chi connectivity index (χ1v) is 16.3. The van der Waals surface area contributed by atoms with Gasteiger partial charge in [-0.1, -0.05) is 11.2 Å². The minimum absolute atomic E-state index is 0.00797. The van der Waals surface area contributed by atoms with Crippen LogP contribution >= 0.6 is 23.1 Å². The number of nitrogens with two attached hydrogens (primary N) is 1. The molecule has 5 rings (SSSR count). The zero-order valence-electron chi connectivity index (χ0n) is 26.3. The second-order valence-electron chi connectivity index (χ2n) is 11.4. The topological polar surface area (TPSA) is 287 Å². The summed E-state index contributed by atoms with van der Waals surface area (Å²) in [5.41, 5.74) is 1.51. The van der Waals surface area contributed by atoms with Gasteiger partial charge in [-0.25, -0.2) is 14.6 Å². The summed E-state index contributed by atoms with van der Waals surface area (Å²) in [6.07, 6.45) is 1.22. The molecule has 3 amide bonds. The summed E-state index contributed by atoms with van der Waals surface area (Å²) in [5, 5.41) is 48.7. The monoisotopic (exact) mass is 727 g/mol. The number of aromatic hydroxyl groups is 2. The van der Waals surface area contributed by atoms with E-state index in [-0.39, 0.29) is 39.6 Å². The number of amides is 3. The van der Waals surface area contributed by atoms with E-state index in [2.05, 4.69) is 25.8 Å². The maximum absolute atomic E-state index is 14.0. The van der Waals surface area contributed by atoms with Crippen molar-refractivity contribution in [2.45, 2.75) is 49.6 Å². The minimum atomic E-state index is -1.90. The van der Waals surface area contributed by atoms with E-state index in [1.54, 1.807) is 0 Å². The zero-order chi connectivity index (χ0) is 36.7. The van der Waals surface area contributed by atoms with E-state index in [0.717, 1.165) is 46.2 Å². The minimum Gasteiger partial charge on any atom is -0.504 e. The quantitative estimate of drug-likeness (QED) is 0.0592. The number of β-lactam (4-membered cyclic amide) rings is 1. The fraction of sp³-hybridized carbons (Fsp3) is 0.267. The van der Waals surface area contributed by atoms with Gasteiger partial charge in [-0.05, 0) is 38.5 Å². The number of rotatable bonds is 11. The fourth-order valence-corrected chi connectivity index (χ4v) is 7.02. The molecule has 2 unspecified atom stereocenters. The SMILES string of the molecule is Cc1[nH]ccc(=O)c1C(=O)NC(C1=C(C(=O)O)N2C(=O)C[C@@H]2SC1NC(=O)C(=NOC(C)(C)C(=O)O)c1csc(N)n1)c1ccc(O)c(O)c1. The molecule has 1 fully saturated rings. The number of aromatic amines is 1. The molecule has 50 heavy (non-hydrogen) atoms. The lowest BCUT2D eigenvalue weighted by Gasteiger charge is -2.48. The molecule has 0 saturated carbocycles. The first kappa shape index (κ1) is 35.4. The molecule has 2 aromatic heterocycles. The summed E-state index contributed by atoms with van der Waals surface area (Å²) < 4.78 is 0. The fourth-order valence-electron chi connectivity index (χ4n) is 5.00. The summed E-state index contributed by atoms with van der Waals surface area (Å²) in [4.78, 5) is 90.8. The number of thiazole rings is 1. The van der Waals surface area contributed by atoms with Gasteiger partial charge in [0.15, 0.2) is 27.8 Å². The number of carboxylic acid groups (broad SMARTS) is 2. The molecule has 0 spiro atoms. The van der Waals surface area contributed by atoms with E-state index in [4.69, 9.17) is 10.6 Å². The van der Waals surface area contributed by atoms with Gasteiger partial charge in [0.2, 0.25) is 11.5 Å². The molecule has 3 atom stereocenters. The summed E-state index contributed by atoms with van der Waals surface area (Å²) in [6.45, 7) is 3.83. The number of benzene rings is 1. The highest BCUT2D eigenvalue weighted by Crippen LogP contribution is 2.47. The van der Waals surface area contributed by atoms with Gasteiger partial charge in [-0.3, -0.25) is 24.1 Å². The number of hydrogen-bond donors (Lipinski definition) is 8.